The number of rotatable bonds is 6. The summed E-state index contributed by atoms with van der Waals surface area (Å²) in [6.07, 6.45) is 2.70. The predicted octanol–water partition coefficient (Wildman–Crippen LogP) is 5.09. The highest BCUT2D eigenvalue weighted by Gasteiger charge is 2.24. The molecule has 1 unspecified atom stereocenters. The molecule has 0 spiro atoms. The molecule has 6 heteroatoms. The van der Waals surface area contributed by atoms with Crippen LogP contribution in [0.25, 0.3) is 11.0 Å². The molecule has 0 fully saturated rings. The number of fused-ring (bicyclic) bond motifs is 1. The minimum absolute atomic E-state index is 0.0169. The van der Waals surface area contributed by atoms with Gasteiger partial charge >= 0.3 is 0 Å². The molecular formula is C22H27ClN4O. The van der Waals surface area contributed by atoms with Gasteiger partial charge in [-0.1, -0.05) is 44.5 Å². The second-order valence-electron chi connectivity index (χ2n) is 7.50. The van der Waals surface area contributed by atoms with Crippen LogP contribution < -0.4 is 5.32 Å². The Labute approximate surface area is 171 Å². The molecule has 5 nitrogen and oxygen atoms in total. The van der Waals surface area contributed by atoms with Gasteiger partial charge in [-0.15, -0.1) is 0 Å². The molecule has 0 saturated carbocycles. The normalized spacial score (nSPS) is 12.5. The highest BCUT2D eigenvalue weighted by Crippen LogP contribution is 2.30. The van der Waals surface area contributed by atoms with Crippen LogP contribution in [0.15, 0.2) is 30.5 Å². The van der Waals surface area contributed by atoms with E-state index in [9.17, 15) is 4.79 Å². The number of nitrogens with one attached hydrogen (secondary N) is 1. The largest absolute Gasteiger partial charge is 0.350 e. The van der Waals surface area contributed by atoms with Crippen molar-refractivity contribution < 1.29 is 4.79 Å². The van der Waals surface area contributed by atoms with Crippen LogP contribution in [-0.4, -0.2) is 20.4 Å². The van der Waals surface area contributed by atoms with Crippen molar-refractivity contribution >= 4 is 28.5 Å². The number of halogens is 1. The second kappa shape index (κ2) is 8.31. The third-order valence-corrected chi connectivity index (χ3v) is 5.21. The van der Waals surface area contributed by atoms with Crippen molar-refractivity contribution in [3.8, 4) is 0 Å². The van der Waals surface area contributed by atoms with Crippen molar-refractivity contribution in [1.29, 1.82) is 0 Å². The van der Waals surface area contributed by atoms with Crippen LogP contribution in [0.3, 0.4) is 0 Å². The highest BCUT2D eigenvalue weighted by atomic mass is 35.5. The molecule has 0 bridgehead atoms. The number of carbonyl (C=O) groups is 1. The van der Waals surface area contributed by atoms with Gasteiger partial charge in [0.15, 0.2) is 0 Å². The molecule has 3 rings (SSSR count). The van der Waals surface area contributed by atoms with E-state index in [1.54, 1.807) is 0 Å². The van der Waals surface area contributed by atoms with E-state index in [2.05, 4.69) is 36.1 Å². The number of carbonyl (C=O) groups excluding carboxylic acids is 1. The maximum Gasteiger partial charge on any atom is 0.243 e. The molecule has 1 aromatic carbocycles. The Morgan fingerprint density at radius 3 is 2.46 bits per heavy atom. The summed E-state index contributed by atoms with van der Waals surface area (Å²) in [6.45, 7) is 10.7. The zero-order chi connectivity index (χ0) is 20.4. The number of hydrogen-bond donors (Lipinski definition) is 1. The van der Waals surface area contributed by atoms with Crippen LogP contribution in [0.1, 0.15) is 61.8 Å². The van der Waals surface area contributed by atoms with Crippen LogP contribution in [0.4, 0.5) is 0 Å². The van der Waals surface area contributed by atoms with Crippen LogP contribution >= 0.6 is 11.6 Å². The summed E-state index contributed by atoms with van der Waals surface area (Å²) in [7, 11) is 0. The number of nitrogens with zero attached hydrogens (tertiary/aromatic N) is 3. The molecule has 0 saturated heterocycles. The van der Waals surface area contributed by atoms with E-state index in [4.69, 9.17) is 11.6 Å². The maximum atomic E-state index is 13.0. The summed E-state index contributed by atoms with van der Waals surface area (Å²) in [5.41, 5.74) is 3.99. The van der Waals surface area contributed by atoms with Crippen molar-refractivity contribution in [2.24, 2.45) is 0 Å². The van der Waals surface area contributed by atoms with E-state index in [0.29, 0.717) is 18.0 Å². The van der Waals surface area contributed by atoms with Gasteiger partial charge in [-0.05, 0) is 49.4 Å². The first kappa shape index (κ1) is 20.3. The molecule has 0 aliphatic carbocycles. The lowest BCUT2D eigenvalue weighted by Crippen LogP contribution is -2.31. The van der Waals surface area contributed by atoms with Gasteiger partial charge in [-0.25, -0.2) is 9.97 Å². The average molecular weight is 399 g/mol. The third-order valence-electron chi connectivity index (χ3n) is 4.95. The summed E-state index contributed by atoms with van der Waals surface area (Å²) in [5, 5.41) is 4.79. The van der Waals surface area contributed by atoms with Gasteiger partial charge in [0.05, 0.1) is 5.69 Å². The summed E-state index contributed by atoms with van der Waals surface area (Å²) < 4.78 is 2.00. The number of aromatic nitrogens is 3. The zero-order valence-electron chi connectivity index (χ0n) is 17.1. The van der Waals surface area contributed by atoms with E-state index in [0.717, 1.165) is 33.7 Å². The van der Waals surface area contributed by atoms with Crippen molar-refractivity contribution in [3.05, 3.63) is 58.1 Å². The molecule has 2 aromatic heterocycles. The fourth-order valence-electron chi connectivity index (χ4n) is 3.55. The summed E-state index contributed by atoms with van der Waals surface area (Å²) >= 11 is 5.93. The molecule has 0 aliphatic rings. The van der Waals surface area contributed by atoms with Crippen molar-refractivity contribution in [2.45, 2.75) is 59.5 Å². The Morgan fingerprint density at radius 1 is 1.18 bits per heavy atom. The first-order valence-electron chi connectivity index (χ1n) is 9.69. The highest BCUT2D eigenvalue weighted by molar-refractivity contribution is 6.30. The van der Waals surface area contributed by atoms with Crippen LogP contribution in [0.5, 0.6) is 0 Å². The fraction of sp³-hybridized carbons (Fsp3) is 0.409. The Kier molecular flexibility index (Phi) is 6.04. The van der Waals surface area contributed by atoms with E-state index in [-0.39, 0.29) is 17.9 Å². The van der Waals surface area contributed by atoms with Crippen LogP contribution in [0.2, 0.25) is 5.02 Å². The van der Waals surface area contributed by atoms with Gasteiger partial charge < -0.3 is 9.88 Å². The molecule has 1 amide bonds. The molecule has 148 valence electrons. The lowest BCUT2D eigenvalue weighted by molar-refractivity contribution is -0.124. The number of aryl methyl sites for hydroxylation is 2. The summed E-state index contributed by atoms with van der Waals surface area (Å²) in [4.78, 5) is 22.3. The van der Waals surface area contributed by atoms with Gasteiger partial charge in [0.25, 0.3) is 0 Å². The van der Waals surface area contributed by atoms with Crippen molar-refractivity contribution in [2.75, 3.05) is 0 Å². The minimum atomic E-state index is -0.321. The van der Waals surface area contributed by atoms with Gasteiger partial charge in [-0.3, -0.25) is 4.79 Å². The monoisotopic (exact) mass is 398 g/mol. The van der Waals surface area contributed by atoms with E-state index < -0.39 is 0 Å². The molecule has 3 aromatic rings. The smallest absolute Gasteiger partial charge is 0.243 e. The predicted molar refractivity (Wildman–Crippen MR) is 114 cm³/mol. The van der Waals surface area contributed by atoms with E-state index in [1.807, 2.05) is 48.9 Å². The van der Waals surface area contributed by atoms with Gasteiger partial charge in [0.2, 0.25) is 5.91 Å². The quantitative estimate of drug-likeness (QED) is 0.628. The number of amides is 1. The topological polar surface area (TPSA) is 59.8 Å². The molecule has 1 atom stereocenters. The Balaban J connectivity index is 1.92. The van der Waals surface area contributed by atoms with E-state index >= 15 is 0 Å². The lowest BCUT2D eigenvalue weighted by atomic mass is 10.1. The summed E-state index contributed by atoms with van der Waals surface area (Å²) in [5.74, 6) is 1.00. The molecule has 28 heavy (non-hydrogen) atoms. The standard InChI is InChI=1S/C22H27ClN4O/c1-6-18(22(28)24-11-16-7-9-17(23)10-8-16)27-12-14(4)19-20(13(2)3)25-15(5)26-21(19)27/h7-10,12-13,18H,6,11H2,1-5H3,(H,24,28). The van der Waals surface area contributed by atoms with Crippen LogP contribution in [0, 0.1) is 13.8 Å². The molecule has 1 N–H and O–H groups in total. The second-order valence-corrected chi connectivity index (χ2v) is 7.93. The van der Waals surface area contributed by atoms with Gasteiger partial charge in [-0.2, -0.15) is 0 Å². The number of benzene rings is 1. The minimum Gasteiger partial charge on any atom is -0.350 e. The molecule has 2 heterocycles. The van der Waals surface area contributed by atoms with Crippen molar-refractivity contribution in [3.63, 3.8) is 0 Å². The first-order valence-corrected chi connectivity index (χ1v) is 10.1. The maximum absolute atomic E-state index is 13.0. The molecule has 0 aliphatic heterocycles. The van der Waals surface area contributed by atoms with Gasteiger partial charge in [0.1, 0.15) is 17.5 Å². The molecule has 0 radical (unpaired) electrons. The third kappa shape index (κ3) is 4.04. The van der Waals surface area contributed by atoms with E-state index in [1.165, 1.54) is 0 Å². The fourth-order valence-corrected chi connectivity index (χ4v) is 3.68. The average Bonchev–Trinajstić information content (AvgIpc) is 2.97. The zero-order valence-corrected chi connectivity index (χ0v) is 17.8. The Hall–Kier alpha value is -2.40. The SMILES string of the molecule is CCC(C(=O)NCc1ccc(Cl)cc1)n1cc(C)c2c(C(C)C)nc(C)nc21. The van der Waals surface area contributed by atoms with Crippen LogP contribution in [-0.2, 0) is 11.3 Å². The Bertz CT molecular complexity index is 992. The lowest BCUT2D eigenvalue weighted by Gasteiger charge is -2.18. The Morgan fingerprint density at radius 2 is 1.86 bits per heavy atom. The number of hydrogen-bond acceptors (Lipinski definition) is 3. The first-order chi connectivity index (χ1) is 13.3. The van der Waals surface area contributed by atoms with Gasteiger partial charge in [0, 0.05) is 23.2 Å². The molecular weight excluding hydrogens is 372 g/mol. The summed E-state index contributed by atoms with van der Waals surface area (Å²) in [6, 6.07) is 7.18. The van der Waals surface area contributed by atoms with Crippen molar-refractivity contribution in [1.82, 2.24) is 19.9 Å².